The second-order valence-electron chi connectivity index (χ2n) is 8.08. The van der Waals surface area contributed by atoms with Crippen LogP contribution >= 0.6 is 11.8 Å². The van der Waals surface area contributed by atoms with Crippen LogP contribution in [0.3, 0.4) is 0 Å². The number of benzene rings is 2. The Bertz CT molecular complexity index is 997. The minimum absolute atomic E-state index is 0.0473. The van der Waals surface area contributed by atoms with Gasteiger partial charge in [-0.3, -0.25) is 4.79 Å². The molecule has 6 nitrogen and oxygen atoms in total. The Labute approximate surface area is 182 Å². The summed E-state index contributed by atoms with van der Waals surface area (Å²) >= 11 is 1.33. The Morgan fingerprint density at radius 3 is 2.50 bits per heavy atom. The van der Waals surface area contributed by atoms with Gasteiger partial charge in [-0.05, 0) is 66.3 Å². The lowest BCUT2D eigenvalue weighted by Crippen LogP contribution is -2.28. The average Bonchev–Trinajstić information content (AvgIpc) is 3.14. The molecule has 0 aliphatic rings. The summed E-state index contributed by atoms with van der Waals surface area (Å²) in [6.45, 7) is 10.5. The molecule has 2 aromatic carbocycles. The molecule has 0 fully saturated rings. The highest BCUT2D eigenvalue weighted by Gasteiger charge is 2.15. The van der Waals surface area contributed by atoms with Gasteiger partial charge in [-0.2, -0.15) is 4.68 Å². The van der Waals surface area contributed by atoms with Crippen LogP contribution in [0.4, 0.5) is 0 Å². The lowest BCUT2D eigenvalue weighted by molar-refractivity contribution is -0.119. The molecule has 0 aliphatic heterocycles. The van der Waals surface area contributed by atoms with Crippen LogP contribution < -0.4 is 5.32 Å². The summed E-state index contributed by atoms with van der Waals surface area (Å²) in [7, 11) is 0. The van der Waals surface area contributed by atoms with Gasteiger partial charge < -0.3 is 5.32 Å². The van der Waals surface area contributed by atoms with Crippen LogP contribution in [0.5, 0.6) is 0 Å². The van der Waals surface area contributed by atoms with E-state index in [1.807, 2.05) is 26.0 Å². The van der Waals surface area contributed by atoms with Crippen molar-refractivity contribution < 1.29 is 4.79 Å². The highest BCUT2D eigenvalue weighted by atomic mass is 32.2. The van der Waals surface area contributed by atoms with Crippen molar-refractivity contribution in [3.05, 3.63) is 64.7 Å². The van der Waals surface area contributed by atoms with Gasteiger partial charge in [0.2, 0.25) is 11.1 Å². The number of nitrogens with one attached hydrogen (secondary N) is 1. The smallest absolute Gasteiger partial charge is 0.230 e. The number of aryl methyl sites for hydroxylation is 2. The lowest BCUT2D eigenvalue weighted by atomic mass is 10.00. The van der Waals surface area contributed by atoms with Crippen LogP contribution in [0.2, 0.25) is 0 Å². The van der Waals surface area contributed by atoms with Crippen LogP contribution in [0.15, 0.2) is 47.6 Å². The standard InChI is InChI=1S/C23H29N5OS/c1-15(2)12-19-7-9-20(10-8-19)18(5)24-22(29)14-30-23-25-26-27-28(23)21-11-6-16(3)13-17(21)4/h6-11,13,15,18H,12,14H2,1-5H3,(H,24,29)/t18-/m1/s1. The monoisotopic (exact) mass is 423 g/mol. The SMILES string of the molecule is Cc1ccc(-n2nnnc2SCC(=O)N[C@H](C)c2ccc(CC(C)C)cc2)c(C)c1. The predicted molar refractivity (Wildman–Crippen MR) is 121 cm³/mol. The number of thioether (sulfide) groups is 1. The zero-order valence-electron chi connectivity index (χ0n) is 18.2. The zero-order valence-corrected chi connectivity index (χ0v) is 19.0. The van der Waals surface area contributed by atoms with E-state index in [1.54, 1.807) is 4.68 Å². The highest BCUT2D eigenvalue weighted by Crippen LogP contribution is 2.22. The Kier molecular flexibility index (Phi) is 7.26. The number of hydrogen-bond donors (Lipinski definition) is 1. The van der Waals surface area contributed by atoms with Gasteiger partial charge in [0.05, 0.1) is 17.5 Å². The Balaban J connectivity index is 1.58. The minimum Gasteiger partial charge on any atom is -0.349 e. The zero-order chi connectivity index (χ0) is 21.7. The molecule has 0 saturated heterocycles. The molecule has 3 aromatic rings. The van der Waals surface area contributed by atoms with Gasteiger partial charge in [0, 0.05) is 0 Å². The van der Waals surface area contributed by atoms with Crippen molar-refractivity contribution >= 4 is 17.7 Å². The van der Waals surface area contributed by atoms with E-state index in [2.05, 4.69) is 71.9 Å². The molecule has 0 unspecified atom stereocenters. The van der Waals surface area contributed by atoms with Crippen molar-refractivity contribution in [2.75, 3.05) is 5.75 Å². The molecule has 1 heterocycles. The number of carbonyl (C=O) groups excluding carboxylic acids is 1. The number of tetrazole rings is 1. The second kappa shape index (κ2) is 9.89. The summed E-state index contributed by atoms with van der Waals surface area (Å²) in [6, 6.07) is 14.5. The fraction of sp³-hybridized carbons (Fsp3) is 0.391. The van der Waals surface area contributed by atoms with Gasteiger partial charge in [-0.25, -0.2) is 0 Å². The van der Waals surface area contributed by atoms with Crippen molar-refractivity contribution in [1.29, 1.82) is 0 Å². The van der Waals surface area contributed by atoms with Gasteiger partial charge in [0.25, 0.3) is 0 Å². The van der Waals surface area contributed by atoms with E-state index in [0.717, 1.165) is 23.2 Å². The average molecular weight is 424 g/mol. The topological polar surface area (TPSA) is 72.7 Å². The van der Waals surface area contributed by atoms with Crippen LogP contribution in [-0.4, -0.2) is 31.9 Å². The molecule has 1 N–H and O–H groups in total. The molecular weight excluding hydrogens is 394 g/mol. The Morgan fingerprint density at radius 2 is 1.83 bits per heavy atom. The van der Waals surface area contributed by atoms with Crippen LogP contribution in [-0.2, 0) is 11.2 Å². The molecule has 158 valence electrons. The number of nitrogens with zero attached hydrogens (tertiary/aromatic N) is 4. The molecule has 0 saturated carbocycles. The van der Waals surface area contributed by atoms with E-state index in [1.165, 1.54) is 22.9 Å². The maximum atomic E-state index is 12.5. The van der Waals surface area contributed by atoms with E-state index < -0.39 is 0 Å². The van der Waals surface area contributed by atoms with E-state index in [0.29, 0.717) is 11.1 Å². The van der Waals surface area contributed by atoms with Gasteiger partial charge >= 0.3 is 0 Å². The van der Waals surface area contributed by atoms with Crippen molar-refractivity contribution in [2.24, 2.45) is 5.92 Å². The molecular formula is C23H29N5OS. The quantitative estimate of drug-likeness (QED) is 0.542. The van der Waals surface area contributed by atoms with E-state index in [9.17, 15) is 4.79 Å². The lowest BCUT2D eigenvalue weighted by Gasteiger charge is -2.15. The fourth-order valence-electron chi connectivity index (χ4n) is 3.37. The first-order chi connectivity index (χ1) is 14.3. The number of rotatable bonds is 8. The van der Waals surface area contributed by atoms with Gasteiger partial charge in [0.1, 0.15) is 0 Å². The van der Waals surface area contributed by atoms with E-state index in [-0.39, 0.29) is 17.7 Å². The third kappa shape index (κ3) is 5.69. The molecule has 30 heavy (non-hydrogen) atoms. The Hall–Kier alpha value is -2.67. The summed E-state index contributed by atoms with van der Waals surface area (Å²) in [5.74, 6) is 0.834. The predicted octanol–water partition coefficient (Wildman–Crippen LogP) is 4.45. The van der Waals surface area contributed by atoms with E-state index >= 15 is 0 Å². The summed E-state index contributed by atoms with van der Waals surface area (Å²) in [6.07, 6.45) is 1.06. The molecule has 0 radical (unpaired) electrons. The first-order valence-corrected chi connectivity index (χ1v) is 11.2. The number of amides is 1. The molecule has 0 bridgehead atoms. The molecule has 1 atom stereocenters. The van der Waals surface area contributed by atoms with Crippen molar-refractivity contribution in [3.8, 4) is 5.69 Å². The Morgan fingerprint density at radius 1 is 1.10 bits per heavy atom. The fourth-order valence-corrected chi connectivity index (χ4v) is 4.07. The van der Waals surface area contributed by atoms with Gasteiger partial charge in [0.15, 0.2) is 0 Å². The van der Waals surface area contributed by atoms with Crippen LogP contribution in [0, 0.1) is 19.8 Å². The van der Waals surface area contributed by atoms with Gasteiger partial charge in [-0.1, -0.05) is 67.6 Å². The number of aromatic nitrogens is 4. The van der Waals surface area contributed by atoms with Crippen LogP contribution in [0.1, 0.15) is 49.1 Å². The van der Waals surface area contributed by atoms with Gasteiger partial charge in [-0.15, -0.1) is 5.10 Å². The maximum absolute atomic E-state index is 12.5. The molecule has 1 amide bonds. The summed E-state index contributed by atoms with van der Waals surface area (Å²) < 4.78 is 1.68. The maximum Gasteiger partial charge on any atom is 0.230 e. The minimum atomic E-state index is -0.0541. The summed E-state index contributed by atoms with van der Waals surface area (Å²) in [5, 5.41) is 15.6. The van der Waals surface area contributed by atoms with E-state index in [4.69, 9.17) is 0 Å². The molecule has 3 rings (SSSR count). The first-order valence-electron chi connectivity index (χ1n) is 10.2. The van der Waals surface area contributed by atoms with Crippen LogP contribution in [0.25, 0.3) is 5.69 Å². The third-order valence-corrected chi connectivity index (χ3v) is 5.77. The van der Waals surface area contributed by atoms with Crippen molar-refractivity contribution in [2.45, 2.75) is 52.2 Å². The first kappa shape index (κ1) is 22.0. The normalized spacial score (nSPS) is 12.2. The third-order valence-electron chi connectivity index (χ3n) is 4.85. The van der Waals surface area contributed by atoms with Crippen molar-refractivity contribution in [1.82, 2.24) is 25.5 Å². The molecule has 0 spiro atoms. The summed E-state index contributed by atoms with van der Waals surface area (Å²) in [4.78, 5) is 12.5. The number of hydrogen-bond acceptors (Lipinski definition) is 5. The number of carbonyl (C=O) groups is 1. The van der Waals surface area contributed by atoms with Crippen molar-refractivity contribution in [3.63, 3.8) is 0 Å². The second-order valence-corrected chi connectivity index (χ2v) is 9.02. The highest BCUT2D eigenvalue weighted by molar-refractivity contribution is 7.99. The molecule has 7 heteroatoms. The summed E-state index contributed by atoms with van der Waals surface area (Å²) in [5.41, 5.74) is 5.61. The molecule has 1 aromatic heterocycles. The largest absolute Gasteiger partial charge is 0.349 e. The molecule has 0 aliphatic carbocycles.